The van der Waals surface area contributed by atoms with Gasteiger partial charge in [0.05, 0.1) is 6.04 Å². The predicted molar refractivity (Wildman–Crippen MR) is 78.1 cm³/mol. The van der Waals surface area contributed by atoms with Gasteiger partial charge in [-0.25, -0.2) is 4.39 Å². The SMILES string of the molecule is CN(c1cccc(F)c1)C(CN)c1ccc(Cl)cc1. The van der Waals surface area contributed by atoms with Crippen molar-refractivity contribution in [3.05, 3.63) is 64.9 Å². The largest absolute Gasteiger partial charge is 0.366 e. The van der Waals surface area contributed by atoms with Gasteiger partial charge in [0, 0.05) is 24.3 Å². The fourth-order valence-electron chi connectivity index (χ4n) is 2.08. The molecule has 0 fully saturated rings. The average Bonchev–Trinajstić information content (AvgIpc) is 2.41. The first-order valence-corrected chi connectivity index (χ1v) is 6.43. The van der Waals surface area contributed by atoms with Crippen molar-refractivity contribution in [3.63, 3.8) is 0 Å². The van der Waals surface area contributed by atoms with Gasteiger partial charge in [0.1, 0.15) is 5.82 Å². The number of halogens is 2. The maximum Gasteiger partial charge on any atom is 0.125 e. The van der Waals surface area contributed by atoms with Gasteiger partial charge in [0.2, 0.25) is 0 Å². The summed E-state index contributed by atoms with van der Waals surface area (Å²) in [5.74, 6) is -0.253. The van der Waals surface area contributed by atoms with Crippen molar-refractivity contribution in [1.29, 1.82) is 0 Å². The van der Waals surface area contributed by atoms with Crippen LogP contribution in [0.4, 0.5) is 10.1 Å². The summed E-state index contributed by atoms with van der Waals surface area (Å²) in [7, 11) is 1.90. The van der Waals surface area contributed by atoms with E-state index in [2.05, 4.69) is 0 Å². The van der Waals surface area contributed by atoms with Crippen LogP contribution >= 0.6 is 11.6 Å². The maximum absolute atomic E-state index is 13.3. The molecule has 2 rings (SSSR count). The van der Waals surface area contributed by atoms with Crippen molar-refractivity contribution in [2.24, 2.45) is 5.73 Å². The van der Waals surface area contributed by atoms with E-state index in [1.807, 2.05) is 42.3 Å². The number of anilines is 1. The van der Waals surface area contributed by atoms with Crippen LogP contribution in [0.25, 0.3) is 0 Å². The van der Waals surface area contributed by atoms with Crippen LogP contribution in [0.5, 0.6) is 0 Å². The van der Waals surface area contributed by atoms with E-state index in [-0.39, 0.29) is 11.9 Å². The molecule has 2 aromatic carbocycles. The first-order chi connectivity index (χ1) is 9.11. The molecule has 2 nitrogen and oxygen atoms in total. The molecule has 0 aromatic heterocycles. The highest BCUT2D eigenvalue weighted by atomic mass is 35.5. The molecular weight excluding hydrogens is 263 g/mol. The summed E-state index contributed by atoms with van der Waals surface area (Å²) in [4.78, 5) is 1.96. The van der Waals surface area contributed by atoms with E-state index in [0.717, 1.165) is 11.3 Å². The Balaban J connectivity index is 2.28. The van der Waals surface area contributed by atoms with Gasteiger partial charge in [-0.1, -0.05) is 29.8 Å². The van der Waals surface area contributed by atoms with E-state index in [4.69, 9.17) is 17.3 Å². The molecule has 0 aliphatic rings. The first-order valence-electron chi connectivity index (χ1n) is 6.05. The molecule has 0 saturated heterocycles. The Morgan fingerprint density at radius 2 is 1.89 bits per heavy atom. The van der Waals surface area contributed by atoms with E-state index in [1.54, 1.807) is 6.07 Å². The lowest BCUT2D eigenvalue weighted by Gasteiger charge is -2.29. The van der Waals surface area contributed by atoms with Gasteiger partial charge in [0.15, 0.2) is 0 Å². The molecule has 0 aliphatic carbocycles. The van der Waals surface area contributed by atoms with Crippen molar-refractivity contribution in [3.8, 4) is 0 Å². The van der Waals surface area contributed by atoms with Gasteiger partial charge < -0.3 is 10.6 Å². The Morgan fingerprint density at radius 1 is 1.21 bits per heavy atom. The van der Waals surface area contributed by atoms with Crippen LogP contribution in [-0.2, 0) is 0 Å². The van der Waals surface area contributed by atoms with Gasteiger partial charge >= 0.3 is 0 Å². The lowest BCUT2D eigenvalue weighted by atomic mass is 10.1. The summed E-state index contributed by atoms with van der Waals surface area (Å²) in [6, 6.07) is 14.0. The average molecular weight is 279 g/mol. The molecule has 1 atom stereocenters. The highest BCUT2D eigenvalue weighted by Gasteiger charge is 2.16. The van der Waals surface area contributed by atoms with E-state index < -0.39 is 0 Å². The number of hydrogen-bond donors (Lipinski definition) is 1. The van der Waals surface area contributed by atoms with Crippen LogP contribution in [-0.4, -0.2) is 13.6 Å². The molecule has 0 bridgehead atoms. The van der Waals surface area contributed by atoms with Crippen LogP contribution in [0.2, 0.25) is 5.02 Å². The number of hydrogen-bond acceptors (Lipinski definition) is 2. The van der Waals surface area contributed by atoms with Crippen molar-refractivity contribution < 1.29 is 4.39 Å². The highest BCUT2D eigenvalue weighted by Crippen LogP contribution is 2.26. The molecular formula is C15H16ClFN2. The smallest absolute Gasteiger partial charge is 0.125 e. The van der Waals surface area contributed by atoms with Gasteiger partial charge in [-0.15, -0.1) is 0 Å². The van der Waals surface area contributed by atoms with Gasteiger partial charge in [0.25, 0.3) is 0 Å². The standard InChI is InChI=1S/C15H16ClFN2/c1-19(14-4-2-3-13(17)9-14)15(10-18)11-5-7-12(16)8-6-11/h2-9,15H,10,18H2,1H3. The Labute approximate surface area is 117 Å². The zero-order chi connectivity index (χ0) is 13.8. The van der Waals surface area contributed by atoms with E-state index >= 15 is 0 Å². The molecule has 4 heteroatoms. The normalized spacial score (nSPS) is 12.2. The van der Waals surface area contributed by atoms with E-state index in [1.165, 1.54) is 12.1 Å². The summed E-state index contributed by atoms with van der Waals surface area (Å²) < 4.78 is 13.3. The molecule has 0 saturated carbocycles. The minimum Gasteiger partial charge on any atom is -0.366 e. The molecule has 1 unspecified atom stereocenters. The van der Waals surface area contributed by atoms with Crippen molar-refractivity contribution in [1.82, 2.24) is 0 Å². The van der Waals surface area contributed by atoms with Crippen molar-refractivity contribution in [2.45, 2.75) is 6.04 Å². The fraction of sp³-hybridized carbons (Fsp3) is 0.200. The third kappa shape index (κ3) is 3.25. The highest BCUT2D eigenvalue weighted by molar-refractivity contribution is 6.30. The van der Waals surface area contributed by atoms with Gasteiger partial charge in [-0.2, -0.15) is 0 Å². The number of benzene rings is 2. The molecule has 0 radical (unpaired) electrons. The summed E-state index contributed by atoms with van der Waals surface area (Å²) in [6.07, 6.45) is 0. The number of rotatable bonds is 4. The number of nitrogens with two attached hydrogens (primary N) is 1. The maximum atomic E-state index is 13.3. The second-order valence-electron chi connectivity index (χ2n) is 4.39. The van der Waals surface area contributed by atoms with Crippen LogP contribution in [0, 0.1) is 5.82 Å². The molecule has 19 heavy (non-hydrogen) atoms. The fourth-order valence-corrected chi connectivity index (χ4v) is 2.20. The second kappa shape index (κ2) is 6.04. The topological polar surface area (TPSA) is 29.3 Å². The zero-order valence-corrected chi connectivity index (χ0v) is 11.4. The van der Waals surface area contributed by atoms with Crippen LogP contribution < -0.4 is 10.6 Å². The first kappa shape index (κ1) is 13.8. The predicted octanol–water partition coefficient (Wildman–Crippen LogP) is 3.62. The summed E-state index contributed by atoms with van der Waals surface area (Å²) in [6.45, 7) is 0.439. The molecule has 100 valence electrons. The molecule has 0 spiro atoms. The Hall–Kier alpha value is -1.58. The second-order valence-corrected chi connectivity index (χ2v) is 4.83. The number of nitrogens with zero attached hydrogens (tertiary/aromatic N) is 1. The minimum absolute atomic E-state index is 0.0148. The Bertz CT molecular complexity index is 542. The molecule has 0 heterocycles. The van der Waals surface area contributed by atoms with Crippen LogP contribution in [0.3, 0.4) is 0 Å². The Kier molecular flexibility index (Phi) is 4.40. The molecule has 2 N–H and O–H groups in total. The summed E-state index contributed by atoms with van der Waals surface area (Å²) in [5, 5.41) is 0.688. The lowest BCUT2D eigenvalue weighted by molar-refractivity contribution is 0.623. The minimum atomic E-state index is -0.253. The van der Waals surface area contributed by atoms with Crippen LogP contribution in [0.15, 0.2) is 48.5 Å². The monoisotopic (exact) mass is 278 g/mol. The third-order valence-electron chi connectivity index (χ3n) is 3.16. The zero-order valence-electron chi connectivity index (χ0n) is 10.7. The molecule has 0 aliphatic heterocycles. The van der Waals surface area contributed by atoms with Gasteiger partial charge in [-0.05, 0) is 35.9 Å². The summed E-state index contributed by atoms with van der Waals surface area (Å²) in [5.41, 5.74) is 7.70. The van der Waals surface area contributed by atoms with Crippen LogP contribution in [0.1, 0.15) is 11.6 Å². The quantitative estimate of drug-likeness (QED) is 0.926. The number of likely N-dealkylation sites (N-methyl/N-ethyl adjacent to an activating group) is 1. The molecule has 2 aromatic rings. The summed E-state index contributed by atoms with van der Waals surface area (Å²) >= 11 is 5.88. The van der Waals surface area contributed by atoms with Crippen molar-refractivity contribution in [2.75, 3.05) is 18.5 Å². The Morgan fingerprint density at radius 3 is 2.47 bits per heavy atom. The van der Waals surface area contributed by atoms with Crippen molar-refractivity contribution >= 4 is 17.3 Å². The van der Waals surface area contributed by atoms with Gasteiger partial charge in [-0.3, -0.25) is 0 Å². The lowest BCUT2D eigenvalue weighted by Crippen LogP contribution is -2.30. The van der Waals surface area contributed by atoms with E-state index in [0.29, 0.717) is 11.6 Å². The molecule has 0 amide bonds. The van der Waals surface area contributed by atoms with E-state index in [9.17, 15) is 4.39 Å². The third-order valence-corrected chi connectivity index (χ3v) is 3.41.